The summed E-state index contributed by atoms with van der Waals surface area (Å²) in [5.41, 5.74) is 1.17. The average molecular weight is 374 g/mol. The summed E-state index contributed by atoms with van der Waals surface area (Å²) < 4.78 is 24.4. The monoisotopic (exact) mass is 374 g/mol. The zero-order chi connectivity index (χ0) is 18.1. The van der Waals surface area contributed by atoms with E-state index in [4.69, 9.17) is 0 Å². The van der Waals surface area contributed by atoms with Crippen molar-refractivity contribution < 1.29 is 8.42 Å². The van der Waals surface area contributed by atoms with Crippen LogP contribution in [0.1, 0.15) is 24.6 Å². The van der Waals surface area contributed by atoms with Crippen LogP contribution >= 0.6 is 0 Å². The van der Waals surface area contributed by atoms with Gasteiger partial charge in [0.15, 0.2) is 20.7 Å². The summed E-state index contributed by atoms with van der Waals surface area (Å²) in [7, 11) is -3.54. The minimum atomic E-state index is -3.54. The topological polar surface area (TPSA) is 133 Å². The third-order valence-electron chi connectivity index (χ3n) is 4.57. The summed E-state index contributed by atoms with van der Waals surface area (Å²) in [6.45, 7) is 1.54. The van der Waals surface area contributed by atoms with Crippen molar-refractivity contribution in [2.75, 3.05) is 24.2 Å². The van der Waals surface area contributed by atoms with Gasteiger partial charge in [0.2, 0.25) is 0 Å². The minimum absolute atomic E-state index is 0.0262. The van der Waals surface area contributed by atoms with Gasteiger partial charge in [-0.2, -0.15) is 0 Å². The van der Waals surface area contributed by atoms with Gasteiger partial charge in [-0.1, -0.05) is 0 Å². The lowest BCUT2D eigenvalue weighted by Crippen LogP contribution is -2.34. The normalized spacial score (nSPS) is 16.1. The van der Waals surface area contributed by atoms with E-state index in [1.165, 1.54) is 6.20 Å². The summed E-state index contributed by atoms with van der Waals surface area (Å²) in [6.07, 6.45) is 8.07. The Kier molecular flexibility index (Phi) is 4.15. The van der Waals surface area contributed by atoms with Crippen molar-refractivity contribution in [2.24, 2.45) is 0 Å². The number of imidazole rings is 1. The number of hydrogen-bond donors (Lipinski definition) is 2. The lowest BCUT2D eigenvalue weighted by atomic mass is 9.95. The molecule has 4 heterocycles. The third kappa shape index (κ3) is 3.05. The van der Waals surface area contributed by atoms with Crippen LogP contribution in [0.25, 0.3) is 11.4 Å². The SMILES string of the molecule is CS(=O)(=O)c1nccc(N2CCC(c3ncc[nH]3)CC2)c1-c1nnn[nH]1. The smallest absolute Gasteiger partial charge is 0.193 e. The van der Waals surface area contributed by atoms with E-state index < -0.39 is 9.84 Å². The van der Waals surface area contributed by atoms with Gasteiger partial charge in [-0.05, 0) is 29.3 Å². The second-order valence-corrected chi connectivity index (χ2v) is 8.20. The van der Waals surface area contributed by atoms with E-state index in [0.29, 0.717) is 17.3 Å². The molecule has 11 heteroatoms. The number of nitrogens with zero attached hydrogens (tertiary/aromatic N) is 6. The summed E-state index contributed by atoms with van der Waals surface area (Å²) >= 11 is 0. The first-order valence-electron chi connectivity index (χ1n) is 8.21. The highest BCUT2D eigenvalue weighted by Gasteiger charge is 2.28. The molecule has 3 aromatic heterocycles. The minimum Gasteiger partial charge on any atom is -0.371 e. The second kappa shape index (κ2) is 6.48. The predicted molar refractivity (Wildman–Crippen MR) is 93.3 cm³/mol. The van der Waals surface area contributed by atoms with Crippen LogP contribution in [0.15, 0.2) is 29.7 Å². The Morgan fingerprint density at radius 2 is 2.00 bits per heavy atom. The Labute approximate surface area is 150 Å². The zero-order valence-electron chi connectivity index (χ0n) is 14.1. The van der Waals surface area contributed by atoms with Crippen molar-refractivity contribution in [1.82, 2.24) is 35.6 Å². The highest BCUT2D eigenvalue weighted by Crippen LogP contribution is 2.36. The molecule has 10 nitrogen and oxygen atoms in total. The molecule has 1 fully saturated rings. The number of nitrogens with one attached hydrogen (secondary N) is 2. The molecule has 26 heavy (non-hydrogen) atoms. The van der Waals surface area contributed by atoms with Gasteiger partial charge in [-0.25, -0.2) is 23.5 Å². The van der Waals surface area contributed by atoms with Gasteiger partial charge >= 0.3 is 0 Å². The van der Waals surface area contributed by atoms with Crippen molar-refractivity contribution in [1.29, 1.82) is 0 Å². The third-order valence-corrected chi connectivity index (χ3v) is 5.58. The van der Waals surface area contributed by atoms with Crippen molar-refractivity contribution >= 4 is 15.5 Å². The lowest BCUT2D eigenvalue weighted by molar-refractivity contribution is 0.488. The number of tetrazole rings is 1. The molecule has 0 saturated carbocycles. The number of H-pyrrole nitrogens is 2. The fourth-order valence-electron chi connectivity index (χ4n) is 3.36. The Balaban J connectivity index is 1.69. The summed E-state index contributed by atoms with van der Waals surface area (Å²) in [5, 5.41) is 13.7. The van der Waals surface area contributed by atoms with Gasteiger partial charge in [0.05, 0.1) is 11.3 Å². The number of aromatic amines is 2. The summed E-state index contributed by atoms with van der Waals surface area (Å²) in [6, 6.07) is 1.81. The maximum Gasteiger partial charge on any atom is 0.193 e. The van der Waals surface area contributed by atoms with E-state index >= 15 is 0 Å². The summed E-state index contributed by atoms with van der Waals surface area (Å²) in [5.74, 6) is 1.66. The number of rotatable bonds is 4. The van der Waals surface area contributed by atoms with E-state index in [9.17, 15) is 8.42 Å². The van der Waals surface area contributed by atoms with E-state index in [1.54, 1.807) is 12.3 Å². The molecule has 0 bridgehead atoms. The van der Waals surface area contributed by atoms with Gasteiger partial charge in [-0.15, -0.1) is 5.10 Å². The molecule has 0 aromatic carbocycles. The molecule has 0 amide bonds. The molecule has 0 aliphatic carbocycles. The van der Waals surface area contributed by atoms with E-state index in [1.807, 2.05) is 6.20 Å². The molecule has 136 valence electrons. The first-order valence-corrected chi connectivity index (χ1v) is 10.1. The largest absolute Gasteiger partial charge is 0.371 e. The number of hydrogen-bond acceptors (Lipinski definition) is 8. The quantitative estimate of drug-likeness (QED) is 0.684. The molecular formula is C15H18N8O2S. The van der Waals surface area contributed by atoms with Crippen LogP contribution in [-0.4, -0.2) is 63.3 Å². The fraction of sp³-hybridized carbons (Fsp3) is 0.400. The second-order valence-electron chi connectivity index (χ2n) is 6.27. The molecule has 3 aromatic rings. The highest BCUT2D eigenvalue weighted by molar-refractivity contribution is 7.90. The Bertz CT molecular complexity index is 977. The van der Waals surface area contributed by atoms with Crippen LogP contribution in [-0.2, 0) is 9.84 Å². The predicted octanol–water partition coefficient (Wildman–Crippen LogP) is 0.772. The molecule has 0 atom stereocenters. The van der Waals surface area contributed by atoms with Crippen LogP contribution in [0.4, 0.5) is 5.69 Å². The van der Waals surface area contributed by atoms with Crippen LogP contribution < -0.4 is 4.90 Å². The number of aromatic nitrogens is 7. The lowest BCUT2D eigenvalue weighted by Gasteiger charge is -2.34. The molecule has 4 rings (SSSR count). The molecule has 1 aliphatic rings. The summed E-state index contributed by atoms with van der Waals surface area (Å²) in [4.78, 5) is 13.7. The molecule has 0 radical (unpaired) electrons. The van der Waals surface area contributed by atoms with Crippen molar-refractivity contribution in [3.63, 3.8) is 0 Å². The van der Waals surface area contributed by atoms with Crippen LogP contribution in [0.5, 0.6) is 0 Å². The van der Waals surface area contributed by atoms with Gasteiger partial charge in [-0.3, -0.25) is 0 Å². The molecule has 1 aliphatic heterocycles. The fourth-order valence-corrected chi connectivity index (χ4v) is 4.18. The number of piperidine rings is 1. The van der Waals surface area contributed by atoms with Gasteiger partial charge in [0.1, 0.15) is 5.82 Å². The van der Waals surface area contributed by atoms with Crippen LogP contribution in [0.3, 0.4) is 0 Å². The zero-order valence-corrected chi connectivity index (χ0v) is 14.9. The van der Waals surface area contributed by atoms with Gasteiger partial charge in [0.25, 0.3) is 0 Å². The average Bonchev–Trinajstić information content (AvgIpc) is 3.34. The van der Waals surface area contributed by atoms with E-state index in [-0.39, 0.29) is 5.03 Å². The number of anilines is 1. The van der Waals surface area contributed by atoms with Crippen LogP contribution in [0, 0.1) is 0 Å². The maximum atomic E-state index is 12.2. The van der Waals surface area contributed by atoms with Crippen molar-refractivity contribution in [2.45, 2.75) is 23.8 Å². The standard InChI is InChI=1S/C15H18N8O2S/c1-26(24,25)15-12(14-19-21-22-20-14)11(2-5-18-15)23-8-3-10(4-9-23)13-16-6-7-17-13/h2,5-7,10H,3-4,8-9H2,1H3,(H,16,17)(H,19,20,21,22). The first-order chi connectivity index (χ1) is 12.5. The number of sulfone groups is 1. The van der Waals surface area contributed by atoms with Gasteiger partial charge in [0, 0.05) is 43.9 Å². The Morgan fingerprint density at radius 1 is 1.19 bits per heavy atom. The first kappa shape index (κ1) is 16.6. The van der Waals surface area contributed by atoms with Crippen LogP contribution in [0.2, 0.25) is 0 Å². The van der Waals surface area contributed by atoms with Gasteiger partial charge < -0.3 is 9.88 Å². The van der Waals surface area contributed by atoms with E-state index in [2.05, 4.69) is 40.5 Å². The molecule has 0 unspecified atom stereocenters. The molecular weight excluding hydrogens is 356 g/mol. The molecule has 1 saturated heterocycles. The Morgan fingerprint density at radius 3 is 2.62 bits per heavy atom. The molecule has 0 spiro atoms. The van der Waals surface area contributed by atoms with Crippen molar-refractivity contribution in [3.05, 3.63) is 30.5 Å². The highest BCUT2D eigenvalue weighted by atomic mass is 32.2. The maximum absolute atomic E-state index is 12.2. The van der Waals surface area contributed by atoms with Crippen molar-refractivity contribution in [3.8, 4) is 11.4 Å². The number of pyridine rings is 1. The molecule has 2 N–H and O–H groups in total. The Hall–Kier alpha value is -2.82. The van der Waals surface area contributed by atoms with E-state index in [0.717, 1.165) is 43.7 Å².